The highest BCUT2D eigenvalue weighted by Gasteiger charge is 2.20. The quantitative estimate of drug-likeness (QED) is 0.484. The number of rotatable bonds is 5. The molecule has 4 aromatic rings. The second-order valence-corrected chi connectivity index (χ2v) is 7.37. The molecule has 156 valence electrons. The van der Waals surface area contributed by atoms with Crippen molar-refractivity contribution in [2.45, 2.75) is 19.9 Å². The monoisotopic (exact) mass is 413 g/mol. The molecule has 0 fully saturated rings. The number of carbonyl (C=O) groups is 1. The highest BCUT2D eigenvalue weighted by Crippen LogP contribution is 2.28. The van der Waals surface area contributed by atoms with Crippen molar-refractivity contribution in [2.24, 2.45) is 0 Å². The minimum Gasteiger partial charge on any atom is -0.496 e. The first-order chi connectivity index (χ1) is 15.0. The van der Waals surface area contributed by atoms with Crippen molar-refractivity contribution < 1.29 is 13.9 Å². The number of benzene rings is 3. The number of hydrogen-bond donors (Lipinski definition) is 1. The summed E-state index contributed by atoms with van der Waals surface area (Å²) < 4.78 is 11.6. The number of fused-ring (bicyclic) bond motifs is 1. The maximum absolute atomic E-state index is 13.2. The molecule has 0 aliphatic rings. The van der Waals surface area contributed by atoms with Gasteiger partial charge in [-0.05, 0) is 32.0 Å². The largest absolute Gasteiger partial charge is 0.496 e. The van der Waals surface area contributed by atoms with Gasteiger partial charge >= 0.3 is 0 Å². The van der Waals surface area contributed by atoms with Crippen LogP contribution in [0.5, 0.6) is 5.75 Å². The molecule has 0 bridgehead atoms. The summed E-state index contributed by atoms with van der Waals surface area (Å²) in [4.78, 5) is 26.2. The van der Waals surface area contributed by atoms with E-state index in [0.29, 0.717) is 28.0 Å². The lowest BCUT2D eigenvalue weighted by Crippen LogP contribution is -2.27. The summed E-state index contributed by atoms with van der Waals surface area (Å²) in [5.41, 5.74) is 2.61. The van der Waals surface area contributed by atoms with Gasteiger partial charge in [0.15, 0.2) is 11.0 Å². The molecule has 3 aromatic carbocycles. The number of amides is 1. The Morgan fingerprint density at radius 1 is 0.968 bits per heavy atom. The van der Waals surface area contributed by atoms with Crippen LogP contribution in [-0.4, -0.2) is 13.0 Å². The lowest BCUT2D eigenvalue weighted by atomic mass is 10.0. The van der Waals surface area contributed by atoms with E-state index in [2.05, 4.69) is 5.32 Å². The molecule has 1 aromatic heterocycles. The van der Waals surface area contributed by atoms with Crippen LogP contribution in [0.25, 0.3) is 22.3 Å². The van der Waals surface area contributed by atoms with Crippen LogP contribution >= 0.6 is 0 Å². The van der Waals surface area contributed by atoms with Crippen LogP contribution in [0.2, 0.25) is 0 Å². The van der Waals surface area contributed by atoms with Crippen molar-refractivity contribution in [3.8, 4) is 17.1 Å². The van der Waals surface area contributed by atoms with E-state index in [1.807, 2.05) is 61.5 Å². The molecule has 1 amide bonds. The van der Waals surface area contributed by atoms with E-state index in [1.165, 1.54) is 0 Å². The smallest absolute Gasteiger partial charge is 0.255 e. The Morgan fingerprint density at radius 3 is 2.42 bits per heavy atom. The second kappa shape index (κ2) is 8.48. The first kappa shape index (κ1) is 20.4. The zero-order valence-electron chi connectivity index (χ0n) is 17.6. The molecular formula is C26H23NO4. The van der Waals surface area contributed by atoms with Gasteiger partial charge in [0.05, 0.1) is 24.1 Å². The van der Waals surface area contributed by atoms with Crippen LogP contribution in [0.4, 0.5) is 0 Å². The molecule has 0 saturated carbocycles. The highest BCUT2D eigenvalue weighted by molar-refractivity contribution is 6.05. The highest BCUT2D eigenvalue weighted by atomic mass is 16.5. The Labute approximate surface area is 180 Å². The first-order valence-electron chi connectivity index (χ1n) is 10.1. The number of hydrogen-bond acceptors (Lipinski definition) is 4. The predicted molar refractivity (Wildman–Crippen MR) is 122 cm³/mol. The van der Waals surface area contributed by atoms with Crippen molar-refractivity contribution in [1.29, 1.82) is 0 Å². The maximum atomic E-state index is 13.2. The van der Waals surface area contributed by atoms with Gasteiger partial charge in [-0.1, -0.05) is 54.6 Å². The molecule has 1 atom stereocenters. The minimum absolute atomic E-state index is 0.146. The average molecular weight is 413 g/mol. The third-order valence-electron chi connectivity index (χ3n) is 5.38. The van der Waals surface area contributed by atoms with Gasteiger partial charge in [-0.3, -0.25) is 9.59 Å². The fourth-order valence-corrected chi connectivity index (χ4v) is 3.73. The Bertz CT molecular complexity index is 1310. The van der Waals surface area contributed by atoms with Crippen LogP contribution < -0.4 is 15.5 Å². The number of nitrogens with one attached hydrogen (secondary N) is 1. The molecule has 1 unspecified atom stereocenters. The van der Waals surface area contributed by atoms with Crippen LogP contribution in [0.1, 0.15) is 34.5 Å². The Morgan fingerprint density at radius 2 is 1.68 bits per heavy atom. The second-order valence-electron chi connectivity index (χ2n) is 7.37. The van der Waals surface area contributed by atoms with Crippen molar-refractivity contribution in [3.63, 3.8) is 0 Å². The van der Waals surface area contributed by atoms with Crippen LogP contribution in [0.3, 0.4) is 0 Å². The SMILES string of the molecule is COc1ccccc1C(C)NC(=O)c1cccc2c(=O)c(C)c(-c3ccccc3)oc12. The number of ether oxygens (including phenoxy) is 1. The molecule has 5 heteroatoms. The van der Waals surface area contributed by atoms with Crippen molar-refractivity contribution in [3.05, 3.63) is 99.7 Å². The normalized spacial score (nSPS) is 11.8. The molecular weight excluding hydrogens is 390 g/mol. The Kier molecular flexibility index (Phi) is 5.58. The van der Waals surface area contributed by atoms with Gasteiger partial charge in [0, 0.05) is 16.7 Å². The Hall–Kier alpha value is -3.86. The van der Waals surface area contributed by atoms with Gasteiger partial charge in [-0.15, -0.1) is 0 Å². The molecule has 31 heavy (non-hydrogen) atoms. The molecule has 0 saturated heterocycles. The van der Waals surface area contributed by atoms with Gasteiger partial charge < -0.3 is 14.5 Å². The molecule has 0 aliphatic heterocycles. The van der Waals surface area contributed by atoms with Gasteiger partial charge in [-0.2, -0.15) is 0 Å². The van der Waals surface area contributed by atoms with E-state index >= 15 is 0 Å². The number of methoxy groups -OCH3 is 1. The van der Waals surface area contributed by atoms with E-state index in [4.69, 9.17) is 9.15 Å². The molecule has 0 spiro atoms. The fourth-order valence-electron chi connectivity index (χ4n) is 3.73. The Balaban J connectivity index is 1.78. The third-order valence-corrected chi connectivity index (χ3v) is 5.38. The molecule has 0 radical (unpaired) electrons. The number of carbonyl (C=O) groups excluding carboxylic acids is 1. The first-order valence-corrected chi connectivity index (χ1v) is 10.1. The fraction of sp³-hybridized carbons (Fsp3) is 0.154. The van der Waals surface area contributed by atoms with Crippen molar-refractivity contribution in [2.75, 3.05) is 7.11 Å². The van der Waals surface area contributed by atoms with E-state index in [-0.39, 0.29) is 23.0 Å². The topological polar surface area (TPSA) is 68.5 Å². The molecule has 1 heterocycles. The van der Waals surface area contributed by atoms with Gasteiger partial charge in [0.2, 0.25) is 0 Å². The van der Waals surface area contributed by atoms with E-state index in [0.717, 1.165) is 11.1 Å². The van der Waals surface area contributed by atoms with Crippen LogP contribution in [0, 0.1) is 6.92 Å². The van der Waals surface area contributed by atoms with Gasteiger partial charge in [-0.25, -0.2) is 0 Å². The van der Waals surface area contributed by atoms with Crippen LogP contribution in [0.15, 0.2) is 82.0 Å². The zero-order valence-corrected chi connectivity index (χ0v) is 17.6. The summed E-state index contributed by atoms with van der Waals surface area (Å²) in [6.07, 6.45) is 0. The van der Waals surface area contributed by atoms with Gasteiger partial charge in [0.25, 0.3) is 5.91 Å². The summed E-state index contributed by atoms with van der Waals surface area (Å²) in [5, 5.41) is 3.38. The van der Waals surface area contributed by atoms with Crippen LogP contribution in [-0.2, 0) is 0 Å². The third kappa shape index (κ3) is 3.82. The molecule has 1 N–H and O–H groups in total. The lowest BCUT2D eigenvalue weighted by molar-refractivity contribution is 0.0940. The van der Waals surface area contributed by atoms with Crippen molar-refractivity contribution >= 4 is 16.9 Å². The lowest BCUT2D eigenvalue weighted by Gasteiger charge is -2.18. The summed E-state index contributed by atoms with van der Waals surface area (Å²) in [5.74, 6) is 0.841. The number of para-hydroxylation sites is 2. The maximum Gasteiger partial charge on any atom is 0.255 e. The summed E-state index contributed by atoms with van der Waals surface area (Å²) in [7, 11) is 1.60. The molecule has 5 nitrogen and oxygen atoms in total. The van der Waals surface area contributed by atoms with E-state index in [1.54, 1.807) is 32.2 Å². The summed E-state index contributed by atoms with van der Waals surface area (Å²) >= 11 is 0. The standard InChI is InChI=1S/C26H23NO4/c1-16-23(28)20-13-9-14-21(25(20)31-24(16)18-10-5-4-6-11-18)26(29)27-17(2)19-12-7-8-15-22(19)30-3/h4-15,17H,1-3H3,(H,27,29). The zero-order chi connectivity index (χ0) is 22.0. The average Bonchev–Trinajstić information content (AvgIpc) is 2.81. The summed E-state index contributed by atoms with van der Waals surface area (Å²) in [6, 6.07) is 21.7. The van der Waals surface area contributed by atoms with E-state index in [9.17, 15) is 9.59 Å². The minimum atomic E-state index is -0.324. The summed E-state index contributed by atoms with van der Waals surface area (Å²) in [6.45, 7) is 3.63. The van der Waals surface area contributed by atoms with Gasteiger partial charge in [0.1, 0.15) is 11.5 Å². The molecule has 4 rings (SSSR count). The van der Waals surface area contributed by atoms with E-state index < -0.39 is 0 Å². The van der Waals surface area contributed by atoms with Crippen molar-refractivity contribution in [1.82, 2.24) is 5.32 Å². The molecule has 0 aliphatic carbocycles. The predicted octanol–water partition coefficient (Wildman–Crippen LogP) is 5.27.